The predicted octanol–water partition coefficient (Wildman–Crippen LogP) is 1.97. The van der Waals surface area contributed by atoms with Crippen LogP contribution in [-0.4, -0.2) is 48.2 Å². The molecule has 0 aliphatic carbocycles. The second-order valence-corrected chi connectivity index (χ2v) is 8.25. The van der Waals surface area contributed by atoms with Crippen molar-refractivity contribution >= 4 is 34.2 Å². The van der Waals surface area contributed by atoms with Gasteiger partial charge in [-0.15, -0.1) is 0 Å². The lowest BCUT2D eigenvalue weighted by molar-refractivity contribution is -0.102. The highest BCUT2D eigenvalue weighted by Crippen LogP contribution is 2.46. The molecular weight excluding hydrogens is 409 g/mol. The van der Waals surface area contributed by atoms with Crippen molar-refractivity contribution in [2.75, 3.05) is 37.1 Å². The molecule has 1 saturated heterocycles. The maximum atomic E-state index is 15.0. The molecule has 3 heterocycles. The molecule has 2 aliphatic heterocycles. The molecule has 10 heteroatoms. The first-order valence-electron chi connectivity index (χ1n) is 9.34. The van der Waals surface area contributed by atoms with E-state index in [1.807, 2.05) is 0 Å². The van der Waals surface area contributed by atoms with Crippen molar-refractivity contribution in [3.63, 3.8) is 0 Å². The number of methoxy groups -OCH3 is 1. The number of carbonyl (C=O) groups excluding carboxylic acids is 1. The van der Waals surface area contributed by atoms with Crippen molar-refractivity contribution in [1.29, 1.82) is 0 Å². The first kappa shape index (κ1) is 20.6. The lowest BCUT2D eigenvalue weighted by atomic mass is 9.75. The number of rotatable bonds is 4. The molecule has 0 radical (unpaired) electrons. The van der Waals surface area contributed by atoms with Crippen LogP contribution in [0, 0.1) is 11.7 Å². The summed E-state index contributed by atoms with van der Waals surface area (Å²) in [7, 11) is 1.60. The van der Waals surface area contributed by atoms with Gasteiger partial charge in [-0.05, 0) is 30.3 Å². The van der Waals surface area contributed by atoms with Gasteiger partial charge in [0.05, 0.1) is 31.2 Å². The minimum absolute atomic E-state index is 0.132. The molecule has 0 bridgehead atoms. The van der Waals surface area contributed by atoms with Crippen LogP contribution in [0.1, 0.15) is 16.1 Å². The molecule has 1 amide bonds. The van der Waals surface area contributed by atoms with E-state index < -0.39 is 17.3 Å². The van der Waals surface area contributed by atoms with Gasteiger partial charge in [-0.2, -0.15) is 0 Å². The number of anilines is 2. The number of hydrogen-bond donors (Lipinski definition) is 3. The average Bonchev–Trinajstić information content (AvgIpc) is 2.74. The minimum Gasteiger partial charge on any atom is -0.397 e. The normalized spacial score (nSPS) is 25.9. The predicted molar refractivity (Wildman–Crippen MR) is 114 cm³/mol. The van der Waals surface area contributed by atoms with Gasteiger partial charge < -0.3 is 26.3 Å². The number of halogens is 1. The Morgan fingerprint density at radius 3 is 2.93 bits per heavy atom. The van der Waals surface area contributed by atoms with Crippen LogP contribution in [0.15, 0.2) is 41.5 Å². The van der Waals surface area contributed by atoms with Crippen molar-refractivity contribution in [3.05, 3.63) is 53.6 Å². The van der Waals surface area contributed by atoms with Gasteiger partial charge in [0.15, 0.2) is 5.17 Å². The second-order valence-electron chi connectivity index (χ2n) is 7.21. The lowest BCUT2D eigenvalue weighted by Gasteiger charge is -2.47. The molecule has 5 N–H and O–H groups in total. The van der Waals surface area contributed by atoms with Gasteiger partial charge in [0.25, 0.3) is 5.91 Å². The lowest BCUT2D eigenvalue weighted by Crippen LogP contribution is -2.55. The third-order valence-corrected chi connectivity index (χ3v) is 6.31. The zero-order valence-corrected chi connectivity index (χ0v) is 17.1. The number of amides is 1. The number of pyridine rings is 1. The van der Waals surface area contributed by atoms with Gasteiger partial charge >= 0.3 is 0 Å². The number of benzene rings is 1. The monoisotopic (exact) mass is 431 g/mol. The number of fused-ring (bicyclic) bond motifs is 1. The molecule has 0 saturated carbocycles. The highest BCUT2D eigenvalue weighted by Gasteiger charge is 2.51. The summed E-state index contributed by atoms with van der Waals surface area (Å²) in [5.74, 6) is -0.388. The number of hydrogen-bond acceptors (Lipinski definition) is 8. The summed E-state index contributed by atoms with van der Waals surface area (Å²) in [5, 5.41) is 3.11. The molecule has 0 unspecified atom stereocenters. The maximum Gasteiger partial charge on any atom is 0.274 e. The maximum absolute atomic E-state index is 15.0. The topological polar surface area (TPSA) is 125 Å². The van der Waals surface area contributed by atoms with E-state index in [1.54, 1.807) is 19.2 Å². The molecule has 1 aromatic heterocycles. The van der Waals surface area contributed by atoms with Gasteiger partial charge in [0, 0.05) is 30.0 Å². The number of carbonyl (C=O) groups is 1. The summed E-state index contributed by atoms with van der Waals surface area (Å²) in [6, 6.07) is 7.47. The van der Waals surface area contributed by atoms with Crippen LogP contribution in [0.5, 0.6) is 0 Å². The average molecular weight is 431 g/mol. The molecule has 1 aromatic carbocycles. The zero-order chi connectivity index (χ0) is 21.3. The van der Waals surface area contributed by atoms with Crippen LogP contribution in [0.2, 0.25) is 0 Å². The molecule has 2 aromatic rings. The van der Waals surface area contributed by atoms with Crippen LogP contribution in [0.4, 0.5) is 15.8 Å². The number of aliphatic imine (C=N–C) groups is 1. The summed E-state index contributed by atoms with van der Waals surface area (Å²) in [6.07, 6.45) is 1.15. The van der Waals surface area contributed by atoms with Crippen molar-refractivity contribution in [2.45, 2.75) is 11.6 Å². The minimum atomic E-state index is -1.03. The van der Waals surface area contributed by atoms with Crippen molar-refractivity contribution in [3.8, 4) is 0 Å². The van der Waals surface area contributed by atoms with Gasteiger partial charge in [-0.3, -0.25) is 4.79 Å². The molecule has 4 rings (SSSR count). The number of nitrogens with two attached hydrogens (primary N) is 2. The van der Waals surface area contributed by atoms with Crippen LogP contribution in [0.3, 0.4) is 0 Å². The van der Waals surface area contributed by atoms with E-state index in [1.165, 1.54) is 36.2 Å². The third-order valence-electron chi connectivity index (χ3n) is 5.40. The van der Waals surface area contributed by atoms with E-state index in [0.29, 0.717) is 34.5 Å². The fourth-order valence-corrected chi connectivity index (χ4v) is 4.93. The smallest absolute Gasteiger partial charge is 0.274 e. The van der Waals surface area contributed by atoms with Crippen LogP contribution in [0.25, 0.3) is 0 Å². The molecule has 2 aliphatic rings. The van der Waals surface area contributed by atoms with E-state index in [4.69, 9.17) is 20.9 Å². The van der Waals surface area contributed by atoms with Crippen molar-refractivity contribution < 1.29 is 18.7 Å². The number of nitrogens with one attached hydrogen (secondary N) is 1. The van der Waals surface area contributed by atoms with E-state index in [0.717, 1.165) is 0 Å². The first-order valence-corrected chi connectivity index (χ1v) is 10.3. The fourth-order valence-electron chi connectivity index (χ4n) is 3.87. The molecule has 3 atom stereocenters. The number of amidine groups is 1. The summed E-state index contributed by atoms with van der Waals surface area (Å²) >= 11 is 1.42. The van der Waals surface area contributed by atoms with Crippen molar-refractivity contribution in [2.24, 2.45) is 16.6 Å². The SMILES string of the molecule is CO[C@H]1COC[C@]2(c3cc(NC(=O)c4ccc(N)cn4)ccc3F)N=C(N)SC[C@H]12. The quantitative estimate of drug-likeness (QED) is 0.676. The highest BCUT2D eigenvalue weighted by atomic mass is 32.2. The summed E-state index contributed by atoms with van der Waals surface area (Å²) < 4.78 is 26.3. The van der Waals surface area contributed by atoms with Gasteiger partial charge in [-0.25, -0.2) is 14.4 Å². The van der Waals surface area contributed by atoms with E-state index >= 15 is 4.39 Å². The number of nitrogens with zero attached hydrogens (tertiary/aromatic N) is 2. The van der Waals surface area contributed by atoms with E-state index in [2.05, 4.69) is 15.3 Å². The summed E-state index contributed by atoms with van der Waals surface area (Å²) in [6.45, 7) is 0.576. The van der Waals surface area contributed by atoms with Crippen LogP contribution >= 0.6 is 11.8 Å². The number of aromatic nitrogens is 1. The Hall–Kier alpha value is -2.69. The zero-order valence-electron chi connectivity index (χ0n) is 16.3. The standard InChI is InChI=1S/C20H22FN5O3S/c1-28-17-8-29-10-20(14(17)9-30-19(23)26-20)13-6-12(3-4-15(13)21)25-18(27)16-5-2-11(22)7-24-16/h2-7,14,17H,8-10,22H2,1H3,(H2,23,26)(H,25,27)/t14-,17+,20-/m1/s1. The van der Waals surface area contributed by atoms with Gasteiger partial charge in [-0.1, -0.05) is 11.8 Å². The second kappa shape index (κ2) is 8.21. The highest BCUT2D eigenvalue weighted by molar-refractivity contribution is 8.13. The Labute approximate surface area is 177 Å². The molecule has 0 spiro atoms. The van der Waals surface area contributed by atoms with Crippen molar-refractivity contribution in [1.82, 2.24) is 4.98 Å². The Balaban J connectivity index is 1.70. The Bertz CT molecular complexity index is 987. The summed E-state index contributed by atoms with van der Waals surface area (Å²) in [4.78, 5) is 21.2. The summed E-state index contributed by atoms with van der Waals surface area (Å²) in [5.41, 5.74) is 12.0. The number of ether oxygens (including phenoxy) is 2. The largest absolute Gasteiger partial charge is 0.397 e. The fraction of sp³-hybridized carbons (Fsp3) is 0.350. The molecular formula is C20H22FN5O3S. The number of thioether (sulfide) groups is 1. The molecule has 30 heavy (non-hydrogen) atoms. The molecule has 1 fully saturated rings. The molecule has 158 valence electrons. The third kappa shape index (κ3) is 3.73. The van der Waals surface area contributed by atoms with E-state index in [-0.39, 0.29) is 24.3 Å². The molecule has 8 nitrogen and oxygen atoms in total. The Kier molecular flexibility index (Phi) is 5.63. The number of nitrogen functional groups attached to an aromatic ring is 1. The van der Waals surface area contributed by atoms with Crippen LogP contribution < -0.4 is 16.8 Å². The van der Waals surface area contributed by atoms with Gasteiger partial charge in [0.1, 0.15) is 17.1 Å². The van der Waals surface area contributed by atoms with Gasteiger partial charge in [0.2, 0.25) is 0 Å². The Morgan fingerprint density at radius 2 is 2.20 bits per heavy atom. The Morgan fingerprint density at radius 1 is 1.37 bits per heavy atom. The van der Waals surface area contributed by atoms with E-state index in [9.17, 15) is 4.79 Å². The first-order chi connectivity index (χ1) is 14.4. The van der Waals surface area contributed by atoms with Crippen LogP contribution in [-0.2, 0) is 15.0 Å².